The molecule has 0 bridgehead atoms. The van der Waals surface area contributed by atoms with Crippen molar-refractivity contribution in [2.75, 3.05) is 19.5 Å². The maximum atomic E-state index is 12.7. The lowest BCUT2D eigenvalue weighted by Crippen LogP contribution is -2.43. The number of ether oxygens (including phenoxy) is 1. The number of hydrogen-bond donors (Lipinski definition) is 1. The standard InChI is InChI=1S/C21H23N3O3S/c1-13-5-6-16(11-14(13)2)23-21-24(3)19(25)12-18(28-21)20(26)22-15-7-9-17(27-4)10-8-15/h5-11,18H,12H2,1-4H3,(H,22,26)/t18-/m1/s1. The summed E-state index contributed by atoms with van der Waals surface area (Å²) in [5, 5.41) is 2.85. The minimum atomic E-state index is -0.531. The Morgan fingerprint density at radius 3 is 2.54 bits per heavy atom. The van der Waals surface area contributed by atoms with Crippen molar-refractivity contribution in [3.63, 3.8) is 0 Å². The molecular weight excluding hydrogens is 374 g/mol. The molecule has 0 saturated carbocycles. The monoisotopic (exact) mass is 397 g/mol. The molecule has 1 fully saturated rings. The Morgan fingerprint density at radius 1 is 1.18 bits per heavy atom. The van der Waals surface area contributed by atoms with Crippen molar-refractivity contribution in [1.29, 1.82) is 0 Å². The number of rotatable bonds is 4. The molecule has 2 aromatic rings. The van der Waals surface area contributed by atoms with E-state index in [0.29, 0.717) is 16.6 Å². The molecule has 2 amide bonds. The Bertz CT molecular complexity index is 925. The van der Waals surface area contributed by atoms with Gasteiger partial charge in [0, 0.05) is 19.2 Å². The predicted molar refractivity (Wildman–Crippen MR) is 113 cm³/mol. The Hall–Kier alpha value is -2.80. The number of benzene rings is 2. The van der Waals surface area contributed by atoms with E-state index in [1.807, 2.05) is 32.0 Å². The van der Waals surface area contributed by atoms with E-state index in [-0.39, 0.29) is 18.2 Å². The third-order valence-corrected chi connectivity index (χ3v) is 5.88. The van der Waals surface area contributed by atoms with Gasteiger partial charge in [-0.15, -0.1) is 0 Å². The van der Waals surface area contributed by atoms with Gasteiger partial charge < -0.3 is 10.1 Å². The van der Waals surface area contributed by atoms with Crippen LogP contribution in [-0.2, 0) is 9.59 Å². The molecule has 0 aromatic heterocycles. The molecule has 1 saturated heterocycles. The van der Waals surface area contributed by atoms with Crippen molar-refractivity contribution in [3.05, 3.63) is 53.6 Å². The van der Waals surface area contributed by atoms with E-state index < -0.39 is 5.25 Å². The molecule has 1 aliphatic heterocycles. The summed E-state index contributed by atoms with van der Waals surface area (Å²) >= 11 is 1.30. The van der Waals surface area contributed by atoms with E-state index in [1.165, 1.54) is 22.2 Å². The quantitative estimate of drug-likeness (QED) is 0.849. The molecule has 28 heavy (non-hydrogen) atoms. The van der Waals surface area contributed by atoms with Crippen LogP contribution in [0, 0.1) is 13.8 Å². The van der Waals surface area contributed by atoms with Gasteiger partial charge in [0.15, 0.2) is 5.17 Å². The number of amides is 2. The van der Waals surface area contributed by atoms with E-state index in [4.69, 9.17) is 4.74 Å². The van der Waals surface area contributed by atoms with Crippen molar-refractivity contribution in [2.45, 2.75) is 25.5 Å². The zero-order chi connectivity index (χ0) is 20.3. The summed E-state index contributed by atoms with van der Waals surface area (Å²) in [6.45, 7) is 4.06. The van der Waals surface area contributed by atoms with Crippen LogP contribution in [0.4, 0.5) is 11.4 Å². The number of methoxy groups -OCH3 is 1. The highest BCUT2D eigenvalue weighted by molar-refractivity contribution is 8.15. The topological polar surface area (TPSA) is 71.0 Å². The largest absolute Gasteiger partial charge is 0.497 e. The molecule has 3 rings (SSSR count). The van der Waals surface area contributed by atoms with Gasteiger partial charge in [-0.2, -0.15) is 0 Å². The molecule has 0 spiro atoms. The van der Waals surface area contributed by atoms with E-state index in [1.54, 1.807) is 38.4 Å². The maximum Gasteiger partial charge on any atom is 0.238 e. The average Bonchev–Trinajstić information content (AvgIpc) is 2.68. The summed E-state index contributed by atoms with van der Waals surface area (Å²) in [6, 6.07) is 13.0. The van der Waals surface area contributed by atoms with Crippen LogP contribution >= 0.6 is 11.8 Å². The summed E-state index contributed by atoms with van der Waals surface area (Å²) in [4.78, 5) is 31.2. The highest BCUT2D eigenvalue weighted by Crippen LogP contribution is 2.29. The minimum Gasteiger partial charge on any atom is -0.497 e. The molecule has 0 unspecified atom stereocenters. The first-order valence-corrected chi connectivity index (χ1v) is 9.79. The molecule has 146 valence electrons. The maximum absolute atomic E-state index is 12.7. The lowest BCUT2D eigenvalue weighted by molar-refractivity contribution is -0.128. The lowest BCUT2D eigenvalue weighted by atomic mass is 10.1. The van der Waals surface area contributed by atoms with E-state index >= 15 is 0 Å². The summed E-state index contributed by atoms with van der Waals surface area (Å²) in [5.74, 6) is 0.366. The number of aliphatic imine (C=N–C) groups is 1. The first-order valence-electron chi connectivity index (χ1n) is 8.91. The van der Waals surface area contributed by atoms with Crippen LogP contribution in [0.3, 0.4) is 0 Å². The molecule has 1 N–H and O–H groups in total. The number of aryl methyl sites for hydroxylation is 2. The number of carbonyl (C=O) groups is 2. The highest BCUT2D eigenvalue weighted by atomic mass is 32.2. The van der Waals surface area contributed by atoms with Crippen LogP contribution in [-0.4, -0.2) is 41.3 Å². The van der Waals surface area contributed by atoms with Crippen molar-refractivity contribution in [1.82, 2.24) is 4.90 Å². The second-order valence-corrected chi connectivity index (χ2v) is 7.81. The van der Waals surface area contributed by atoms with Crippen LogP contribution in [0.25, 0.3) is 0 Å². The SMILES string of the molecule is COc1ccc(NC(=O)[C@H]2CC(=O)N(C)C(=Nc3ccc(C)c(C)c3)S2)cc1. The smallest absolute Gasteiger partial charge is 0.238 e. The van der Waals surface area contributed by atoms with Gasteiger partial charge in [0.25, 0.3) is 0 Å². The summed E-state index contributed by atoms with van der Waals surface area (Å²) in [6.07, 6.45) is 0.134. The number of amidine groups is 1. The number of hydrogen-bond acceptors (Lipinski definition) is 5. The van der Waals surface area contributed by atoms with E-state index in [0.717, 1.165) is 11.3 Å². The molecule has 7 heteroatoms. The number of thioether (sulfide) groups is 1. The van der Waals surface area contributed by atoms with Crippen LogP contribution in [0.1, 0.15) is 17.5 Å². The van der Waals surface area contributed by atoms with Crippen LogP contribution in [0.5, 0.6) is 5.75 Å². The van der Waals surface area contributed by atoms with Gasteiger partial charge in [-0.1, -0.05) is 17.8 Å². The summed E-state index contributed by atoms with van der Waals surface area (Å²) in [5.41, 5.74) is 3.73. The van der Waals surface area contributed by atoms with Gasteiger partial charge in [-0.3, -0.25) is 14.5 Å². The van der Waals surface area contributed by atoms with E-state index in [2.05, 4.69) is 10.3 Å². The Kier molecular flexibility index (Phi) is 6.04. The molecule has 0 aliphatic carbocycles. The van der Waals surface area contributed by atoms with Crippen LogP contribution in [0.15, 0.2) is 47.5 Å². The first-order chi connectivity index (χ1) is 13.4. The fraction of sp³-hybridized carbons (Fsp3) is 0.286. The van der Waals surface area contributed by atoms with Gasteiger partial charge in [0.1, 0.15) is 11.0 Å². The van der Waals surface area contributed by atoms with Crippen LogP contribution in [0.2, 0.25) is 0 Å². The van der Waals surface area contributed by atoms with Gasteiger partial charge >= 0.3 is 0 Å². The Labute approximate surface area is 169 Å². The molecule has 6 nitrogen and oxygen atoms in total. The number of carbonyl (C=O) groups excluding carboxylic acids is 2. The third-order valence-electron chi connectivity index (χ3n) is 4.63. The molecule has 2 aromatic carbocycles. The number of anilines is 1. The number of nitrogens with zero attached hydrogens (tertiary/aromatic N) is 2. The van der Waals surface area contributed by atoms with Crippen molar-refractivity contribution < 1.29 is 14.3 Å². The van der Waals surface area contributed by atoms with Gasteiger partial charge in [0.05, 0.1) is 12.8 Å². The average molecular weight is 398 g/mol. The normalized spacial score (nSPS) is 18.3. The summed E-state index contributed by atoms with van der Waals surface area (Å²) in [7, 11) is 3.28. The third kappa shape index (κ3) is 4.54. The lowest BCUT2D eigenvalue weighted by Gasteiger charge is -2.28. The molecule has 1 aliphatic rings. The fourth-order valence-corrected chi connectivity index (χ4v) is 3.76. The van der Waals surface area contributed by atoms with Gasteiger partial charge in [0.2, 0.25) is 11.8 Å². The second kappa shape index (κ2) is 8.48. The minimum absolute atomic E-state index is 0.129. The molecule has 1 heterocycles. The van der Waals surface area contributed by atoms with Crippen LogP contribution < -0.4 is 10.1 Å². The zero-order valence-corrected chi connectivity index (χ0v) is 17.2. The second-order valence-electron chi connectivity index (χ2n) is 6.64. The Balaban J connectivity index is 1.76. The number of nitrogens with one attached hydrogen (secondary N) is 1. The summed E-state index contributed by atoms with van der Waals surface area (Å²) < 4.78 is 5.12. The highest BCUT2D eigenvalue weighted by Gasteiger charge is 2.34. The van der Waals surface area contributed by atoms with Crippen molar-refractivity contribution >= 4 is 40.1 Å². The van der Waals surface area contributed by atoms with Gasteiger partial charge in [-0.25, -0.2) is 4.99 Å². The molecule has 1 atom stereocenters. The Morgan fingerprint density at radius 2 is 1.89 bits per heavy atom. The molecule has 0 radical (unpaired) electrons. The predicted octanol–water partition coefficient (Wildman–Crippen LogP) is 3.90. The first kappa shape index (κ1) is 19.9. The fourth-order valence-electron chi connectivity index (χ4n) is 2.70. The van der Waals surface area contributed by atoms with E-state index in [9.17, 15) is 9.59 Å². The zero-order valence-electron chi connectivity index (χ0n) is 16.4. The van der Waals surface area contributed by atoms with Crippen molar-refractivity contribution in [2.24, 2.45) is 4.99 Å². The molecular formula is C21H23N3O3S. The van der Waals surface area contributed by atoms with Crippen molar-refractivity contribution in [3.8, 4) is 5.75 Å². The van der Waals surface area contributed by atoms with Gasteiger partial charge in [-0.05, 0) is 61.4 Å².